The molecule has 0 aromatic carbocycles. The quantitative estimate of drug-likeness (QED) is 0.634. The van der Waals surface area contributed by atoms with Gasteiger partial charge in [0.15, 0.2) is 5.16 Å². The average molecular weight is 352 g/mol. The number of aromatic nitrogens is 2. The molecule has 0 aliphatic carbocycles. The van der Waals surface area contributed by atoms with Crippen molar-refractivity contribution in [1.29, 1.82) is 0 Å². The van der Waals surface area contributed by atoms with Crippen LogP contribution in [0.25, 0.3) is 10.2 Å². The summed E-state index contributed by atoms with van der Waals surface area (Å²) in [6, 6.07) is 0. The molecule has 0 bridgehead atoms. The second-order valence-corrected chi connectivity index (χ2v) is 7.73. The number of nitrogen functional groups attached to an aromatic ring is 1. The van der Waals surface area contributed by atoms with Crippen LogP contribution < -0.4 is 11.1 Å². The van der Waals surface area contributed by atoms with Crippen molar-refractivity contribution in [3.8, 4) is 0 Å². The predicted molar refractivity (Wildman–Crippen MR) is 94.0 cm³/mol. The predicted octanol–water partition coefficient (Wildman–Crippen LogP) is 2.28. The van der Waals surface area contributed by atoms with E-state index in [0.29, 0.717) is 17.5 Å². The number of rotatable bonds is 5. The number of thiophene rings is 1. The normalized spacial score (nSPS) is 17.7. The highest BCUT2D eigenvalue weighted by Crippen LogP contribution is 2.33. The van der Waals surface area contributed by atoms with Gasteiger partial charge in [-0.25, -0.2) is 9.97 Å². The summed E-state index contributed by atoms with van der Waals surface area (Å²) >= 11 is 2.91. The van der Waals surface area contributed by atoms with Crippen LogP contribution in [0.2, 0.25) is 0 Å². The van der Waals surface area contributed by atoms with Gasteiger partial charge in [0.05, 0.1) is 17.2 Å². The Balaban J connectivity index is 1.59. The average Bonchev–Trinajstić information content (AvgIpc) is 3.12. The number of carbonyl (C=O) groups excluding carboxylic acids is 1. The zero-order valence-electron chi connectivity index (χ0n) is 13.2. The molecule has 1 aliphatic rings. The van der Waals surface area contributed by atoms with Crippen molar-refractivity contribution in [1.82, 2.24) is 15.3 Å². The van der Waals surface area contributed by atoms with Crippen molar-refractivity contribution in [3.05, 3.63) is 10.4 Å². The smallest absolute Gasteiger partial charge is 0.230 e. The molecular weight excluding hydrogens is 332 g/mol. The first-order valence-electron chi connectivity index (χ1n) is 7.59. The Bertz CT molecular complexity index is 726. The molecule has 1 fully saturated rings. The van der Waals surface area contributed by atoms with Crippen LogP contribution in [0.3, 0.4) is 0 Å². The van der Waals surface area contributed by atoms with Gasteiger partial charge >= 0.3 is 0 Å². The Morgan fingerprint density at radius 2 is 2.30 bits per heavy atom. The van der Waals surface area contributed by atoms with Crippen molar-refractivity contribution in [2.75, 3.05) is 24.6 Å². The SMILES string of the molecule is Cc1sc2nc(SCC(=O)NCC3CCCO3)nc(N)c2c1C. The van der Waals surface area contributed by atoms with Gasteiger partial charge in [-0.05, 0) is 32.3 Å². The van der Waals surface area contributed by atoms with Crippen LogP contribution in [0.5, 0.6) is 0 Å². The summed E-state index contributed by atoms with van der Waals surface area (Å²) in [6.07, 6.45) is 2.24. The Morgan fingerprint density at radius 1 is 1.48 bits per heavy atom. The molecule has 1 amide bonds. The van der Waals surface area contributed by atoms with Gasteiger partial charge in [-0.15, -0.1) is 11.3 Å². The first-order chi connectivity index (χ1) is 11.0. The van der Waals surface area contributed by atoms with E-state index in [9.17, 15) is 4.79 Å². The lowest BCUT2D eigenvalue weighted by Gasteiger charge is -2.10. The molecule has 2 aromatic heterocycles. The van der Waals surface area contributed by atoms with Gasteiger partial charge in [-0.1, -0.05) is 11.8 Å². The second kappa shape index (κ2) is 7.02. The summed E-state index contributed by atoms with van der Waals surface area (Å²) in [4.78, 5) is 22.8. The number of nitrogens with two attached hydrogens (primary N) is 1. The molecule has 0 saturated carbocycles. The van der Waals surface area contributed by atoms with Gasteiger partial charge in [-0.2, -0.15) is 0 Å². The van der Waals surface area contributed by atoms with E-state index in [-0.39, 0.29) is 17.8 Å². The van der Waals surface area contributed by atoms with Crippen LogP contribution in [-0.4, -0.2) is 40.9 Å². The summed E-state index contributed by atoms with van der Waals surface area (Å²) in [5.41, 5.74) is 7.18. The number of anilines is 1. The molecule has 6 nitrogen and oxygen atoms in total. The van der Waals surface area contributed by atoms with E-state index < -0.39 is 0 Å². The Labute approximate surface area is 143 Å². The van der Waals surface area contributed by atoms with Crippen LogP contribution >= 0.6 is 23.1 Å². The minimum absolute atomic E-state index is 0.0358. The largest absolute Gasteiger partial charge is 0.383 e. The maximum atomic E-state index is 11.9. The van der Waals surface area contributed by atoms with E-state index in [1.807, 2.05) is 13.8 Å². The zero-order valence-corrected chi connectivity index (χ0v) is 14.9. The first-order valence-corrected chi connectivity index (χ1v) is 9.39. The molecule has 8 heteroatoms. The van der Waals surface area contributed by atoms with E-state index in [4.69, 9.17) is 10.5 Å². The monoisotopic (exact) mass is 352 g/mol. The summed E-state index contributed by atoms with van der Waals surface area (Å²) in [6.45, 7) is 5.44. The lowest BCUT2D eigenvalue weighted by molar-refractivity contribution is -0.119. The molecule has 1 atom stereocenters. The van der Waals surface area contributed by atoms with Crippen LogP contribution in [0, 0.1) is 13.8 Å². The summed E-state index contributed by atoms with van der Waals surface area (Å²) in [7, 11) is 0. The summed E-state index contributed by atoms with van der Waals surface area (Å²) < 4.78 is 5.48. The van der Waals surface area contributed by atoms with E-state index in [1.54, 1.807) is 11.3 Å². The third-order valence-electron chi connectivity index (χ3n) is 3.92. The van der Waals surface area contributed by atoms with Gasteiger partial charge in [0.25, 0.3) is 0 Å². The molecule has 3 N–H and O–H groups in total. The van der Waals surface area contributed by atoms with Gasteiger partial charge < -0.3 is 15.8 Å². The van der Waals surface area contributed by atoms with Crippen molar-refractivity contribution in [2.45, 2.75) is 37.9 Å². The van der Waals surface area contributed by atoms with Crippen LogP contribution in [0.4, 0.5) is 5.82 Å². The Hall–Kier alpha value is -1.38. The van der Waals surface area contributed by atoms with E-state index in [0.717, 1.165) is 35.2 Å². The first kappa shape index (κ1) is 16.5. The van der Waals surface area contributed by atoms with E-state index >= 15 is 0 Å². The van der Waals surface area contributed by atoms with Gasteiger partial charge in [0.1, 0.15) is 10.6 Å². The number of amides is 1. The Kier molecular flexibility index (Phi) is 5.03. The standard InChI is InChI=1S/C15H20N4O2S2/c1-8-9(2)23-14-12(8)13(16)18-15(19-14)22-7-11(20)17-6-10-4-3-5-21-10/h10H,3-7H2,1-2H3,(H,17,20)(H2,16,18,19). The van der Waals surface area contributed by atoms with Gasteiger partial charge in [0, 0.05) is 18.0 Å². The second-order valence-electron chi connectivity index (χ2n) is 5.58. The summed E-state index contributed by atoms with van der Waals surface area (Å²) in [5, 5.41) is 4.37. The third-order valence-corrected chi connectivity index (χ3v) is 5.87. The van der Waals surface area contributed by atoms with Crippen LogP contribution in [0.15, 0.2) is 5.16 Å². The molecule has 124 valence electrons. The Morgan fingerprint density at radius 3 is 3.04 bits per heavy atom. The number of carbonyl (C=O) groups is 1. The third kappa shape index (κ3) is 3.76. The molecule has 1 saturated heterocycles. The molecule has 2 aromatic rings. The molecule has 1 unspecified atom stereocenters. The van der Waals surface area contributed by atoms with Gasteiger partial charge in [0.2, 0.25) is 5.91 Å². The number of ether oxygens (including phenoxy) is 1. The molecule has 23 heavy (non-hydrogen) atoms. The van der Waals surface area contributed by atoms with Crippen molar-refractivity contribution < 1.29 is 9.53 Å². The fourth-order valence-corrected chi connectivity index (χ4v) is 4.31. The maximum absolute atomic E-state index is 11.9. The maximum Gasteiger partial charge on any atom is 0.230 e. The molecule has 0 radical (unpaired) electrons. The number of aryl methyl sites for hydroxylation is 2. The minimum atomic E-state index is -0.0358. The zero-order chi connectivity index (χ0) is 16.4. The van der Waals surface area contributed by atoms with Crippen molar-refractivity contribution in [2.24, 2.45) is 0 Å². The number of fused-ring (bicyclic) bond motifs is 1. The number of nitrogens with one attached hydrogen (secondary N) is 1. The number of hydrogen-bond donors (Lipinski definition) is 2. The fraction of sp³-hybridized carbons (Fsp3) is 0.533. The molecule has 3 heterocycles. The van der Waals surface area contributed by atoms with Crippen LogP contribution in [-0.2, 0) is 9.53 Å². The van der Waals surface area contributed by atoms with Crippen LogP contribution in [0.1, 0.15) is 23.3 Å². The lowest BCUT2D eigenvalue weighted by Crippen LogP contribution is -2.32. The fourth-order valence-electron chi connectivity index (χ4n) is 2.54. The number of nitrogens with zero attached hydrogens (tertiary/aromatic N) is 2. The van der Waals surface area contributed by atoms with Crippen molar-refractivity contribution >= 4 is 45.0 Å². The van der Waals surface area contributed by atoms with Crippen molar-refractivity contribution in [3.63, 3.8) is 0 Å². The molecule has 1 aliphatic heterocycles. The number of thioether (sulfide) groups is 1. The van der Waals surface area contributed by atoms with E-state index in [1.165, 1.54) is 16.6 Å². The van der Waals surface area contributed by atoms with E-state index in [2.05, 4.69) is 15.3 Å². The highest BCUT2D eigenvalue weighted by molar-refractivity contribution is 7.99. The topological polar surface area (TPSA) is 90.1 Å². The minimum Gasteiger partial charge on any atom is -0.383 e. The highest BCUT2D eigenvalue weighted by Gasteiger charge is 2.17. The summed E-state index contributed by atoms with van der Waals surface area (Å²) in [5.74, 6) is 0.728. The molecule has 3 rings (SSSR count). The molecule has 0 spiro atoms. The van der Waals surface area contributed by atoms with Gasteiger partial charge in [-0.3, -0.25) is 4.79 Å². The molecular formula is C15H20N4O2S2. The highest BCUT2D eigenvalue weighted by atomic mass is 32.2. The number of hydrogen-bond acceptors (Lipinski definition) is 7. The lowest BCUT2D eigenvalue weighted by atomic mass is 10.2.